The minimum absolute atomic E-state index is 0.0336. The number of amides is 1. The van der Waals surface area contributed by atoms with E-state index in [1.807, 2.05) is 49.4 Å². The molecule has 3 nitrogen and oxygen atoms in total. The summed E-state index contributed by atoms with van der Waals surface area (Å²) in [5.74, 6) is 0.0336. The van der Waals surface area contributed by atoms with E-state index in [1.54, 1.807) is 0 Å². The van der Waals surface area contributed by atoms with Gasteiger partial charge < -0.3 is 10.6 Å². The van der Waals surface area contributed by atoms with Crippen LogP contribution in [0.15, 0.2) is 54.6 Å². The van der Waals surface area contributed by atoms with Crippen molar-refractivity contribution < 1.29 is 4.79 Å². The van der Waals surface area contributed by atoms with E-state index in [2.05, 4.69) is 22.8 Å². The van der Waals surface area contributed by atoms with Crippen molar-refractivity contribution in [3.05, 3.63) is 65.7 Å². The minimum Gasteiger partial charge on any atom is -0.376 e. The predicted molar refractivity (Wildman–Crippen MR) is 87.4 cm³/mol. The van der Waals surface area contributed by atoms with E-state index in [4.69, 9.17) is 0 Å². The van der Waals surface area contributed by atoms with Gasteiger partial charge in [0, 0.05) is 12.2 Å². The zero-order valence-corrected chi connectivity index (χ0v) is 12.4. The Hall–Kier alpha value is -2.29. The molecule has 0 heterocycles. The van der Waals surface area contributed by atoms with Gasteiger partial charge in [-0.25, -0.2) is 0 Å². The quantitative estimate of drug-likeness (QED) is 0.766. The van der Waals surface area contributed by atoms with E-state index in [1.165, 1.54) is 5.56 Å². The third-order valence-corrected chi connectivity index (χ3v) is 3.39. The van der Waals surface area contributed by atoms with Crippen LogP contribution < -0.4 is 10.6 Å². The summed E-state index contributed by atoms with van der Waals surface area (Å²) in [5, 5.41) is 6.10. The number of anilines is 1. The van der Waals surface area contributed by atoms with Crippen LogP contribution >= 0.6 is 0 Å². The lowest BCUT2D eigenvalue weighted by atomic mass is 10.1. The van der Waals surface area contributed by atoms with E-state index >= 15 is 0 Å². The Kier molecular flexibility index (Phi) is 5.83. The molecule has 0 bridgehead atoms. The maximum absolute atomic E-state index is 11.8. The van der Waals surface area contributed by atoms with Gasteiger partial charge in [0.2, 0.25) is 5.91 Å². The van der Waals surface area contributed by atoms with Gasteiger partial charge in [-0.05, 0) is 37.0 Å². The molecule has 2 rings (SSSR count). The molecule has 0 aliphatic carbocycles. The molecule has 2 aromatic rings. The van der Waals surface area contributed by atoms with Crippen LogP contribution in [0, 0.1) is 6.92 Å². The van der Waals surface area contributed by atoms with Crippen molar-refractivity contribution in [2.24, 2.45) is 0 Å². The third-order valence-electron chi connectivity index (χ3n) is 3.39. The van der Waals surface area contributed by atoms with Crippen LogP contribution in [0.25, 0.3) is 0 Å². The molecular formula is C18H22N2O. The Labute approximate surface area is 126 Å². The Morgan fingerprint density at radius 1 is 1.00 bits per heavy atom. The maximum atomic E-state index is 11.8. The Morgan fingerprint density at radius 3 is 2.48 bits per heavy atom. The summed E-state index contributed by atoms with van der Waals surface area (Å²) < 4.78 is 0. The molecule has 0 aromatic heterocycles. The highest BCUT2D eigenvalue weighted by Crippen LogP contribution is 2.12. The first-order chi connectivity index (χ1) is 10.3. The molecule has 0 saturated carbocycles. The molecule has 2 aromatic carbocycles. The number of carbonyl (C=O) groups excluding carboxylic acids is 1. The highest BCUT2D eigenvalue weighted by atomic mass is 16.1. The van der Waals surface area contributed by atoms with Gasteiger partial charge in [0.15, 0.2) is 0 Å². The fourth-order valence-electron chi connectivity index (χ4n) is 2.17. The molecule has 21 heavy (non-hydrogen) atoms. The number of hydrogen-bond donors (Lipinski definition) is 2. The number of nitrogens with one attached hydrogen (secondary N) is 2. The second-order valence-corrected chi connectivity index (χ2v) is 5.11. The van der Waals surface area contributed by atoms with E-state index < -0.39 is 0 Å². The summed E-state index contributed by atoms with van der Waals surface area (Å²) in [6.45, 7) is 3.06. The van der Waals surface area contributed by atoms with Gasteiger partial charge in [0.1, 0.15) is 0 Å². The fraction of sp³-hybridized carbons (Fsp3) is 0.278. The SMILES string of the molecule is Cc1ccccc1NCC(=O)NCCCc1ccccc1. The first-order valence-electron chi connectivity index (χ1n) is 7.36. The van der Waals surface area contributed by atoms with E-state index in [0.717, 1.165) is 24.1 Å². The van der Waals surface area contributed by atoms with Crippen LogP contribution in [-0.4, -0.2) is 19.0 Å². The van der Waals surface area contributed by atoms with Gasteiger partial charge >= 0.3 is 0 Å². The first-order valence-corrected chi connectivity index (χ1v) is 7.36. The lowest BCUT2D eigenvalue weighted by Crippen LogP contribution is -2.30. The van der Waals surface area contributed by atoms with Crippen molar-refractivity contribution in [3.8, 4) is 0 Å². The van der Waals surface area contributed by atoms with Crippen molar-refractivity contribution in [3.63, 3.8) is 0 Å². The van der Waals surface area contributed by atoms with Crippen molar-refractivity contribution >= 4 is 11.6 Å². The van der Waals surface area contributed by atoms with Gasteiger partial charge in [-0.3, -0.25) is 4.79 Å². The van der Waals surface area contributed by atoms with E-state index in [9.17, 15) is 4.79 Å². The van der Waals surface area contributed by atoms with Crippen LogP contribution in [0.5, 0.6) is 0 Å². The minimum atomic E-state index is 0.0336. The first kappa shape index (κ1) is 15.1. The monoisotopic (exact) mass is 282 g/mol. The van der Waals surface area contributed by atoms with Gasteiger partial charge in [-0.1, -0.05) is 48.5 Å². The normalized spacial score (nSPS) is 10.1. The zero-order chi connectivity index (χ0) is 14.9. The molecule has 0 atom stereocenters. The summed E-state index contributed by atoms with van der Waals surface area (Å²) in [5.41, 5.74) is 3.47. The molecule has 0 aliphatic heterocycles. The highest BCUT2D eigenvalue weighted by Gasteiger charge is 2.02. The number of aryl methyl sites for hydroxylation is 2. The number of para-hydroxylation sites is 1. The van der Waals surface area contributed by atoms with Crippen molar-refractivity contribution in [1.82, 2.24) is 5.32 Å². The second-order valence-electron chi connectivity index (χ2n) is 5.11. The smallest absolute Gasteiger partial charge is 0.239 e. The lowest BCUT2D eigenvalue weighted by molar-refractivity contribution is -0.119. The molecule has 0 unspecified atom stereocenters. The van der Waals surface area contributed by atoms with Gasteiger partial charge in [-0.2, -0.15) is 0 Å². The van der Waals surface area contributed by atoms with Crippen LogP contribution in [0.3, 0.4) is 0 Å². The molecule has 110 valence electrons. The topological polar surface area (TPSA) is 41.1 Å². The molecule has 3 heteroatoms. The molecule has 1 amide bonds. The molecule has 0 spiro atoms. The third kappa shape index (κ3) is 5.30. The van der Waals surface area contributed by atoms with Gasteiger partial charge in [-0.15, -0.1) is 0 Å². The summed E-state index contributed by atoms with van der Waals surface area (Å²) in [6.07, 6.45) is 1.95. The summed E-state index contributed by atoms with van der Waals surface area (Å²) in [7, 11) is 0. The molecular weight excluding hydrogens is 260 g/mol. The van der Waals surface area contributed by atoms with Gasteiger partial charge in [0.05, 0.1) is 6.54 Å². The zero-order valence-electron chi connectivity index (χ0n) is 12.4. The molecule has 0 aliphatic rings. The van der Waals surface area contributed by atoms with Crippen molar-refractivity contribution in [2.45, 2.75) is 19.8 Å². The summed E-state index contributed by atoms with van der Waals surface area (Å²) in [6, 6.07) is 18.3. The summed E-state index contributed by atoms with van der Waals surface area (Å²) >= 11 is 0. The molecule has 2 N–H and O–H groups in total. The van der Waals surface area contributed by atoms with Crippen molar-refractivity contribution in [1.29, 1.82) is 0 Å². The largest absolute Gasteiger partial charge is 0.376 e. The van der Waals surface area contributed by atoms with Crippen molar-refractivity contribution in [2.75, 3.05) is 18.4 Å². The Bertz CT molecular complexity index is 566. The second kappa shape index (κ2) is 8.10. The van der Waals surface area contributed by atoms with Crippen LogP contribution in [0.4, 0.5) is 5.69 Å². The molecule has 0 fully saturated rings. The Balaban J connectivity index is 1.63. The highest BCUT2D eigenvalue weighted by molar-refractivity contribution is 5.80. The predicted octanol–water partition coefficient (Wildman–Crippen LogP) is 3.16. The number of carbonyl (C=O) groups is 1. The number of hydrogen-bond acceptors (Lipinski definition) is 2. The lowest BCUT2D eigenvalue weighted by Gasteiger charge is -2.09. The standard InChI is InChI=1S/C18H22N2O/c1-15-8-5-6-12-17(15)20-14-18(21)19-13-7-11-16-9-3-2-4-10-16/h2-6,8-10,12,20H,7,11,13-14H2,1H3,(H,19,21). The molecule has 0 saturated heterocycles. The van der Waals surface area contributed by atoms with Crippen LogP contribution in [0.1, 0.15) is 17.5 Å². The van der Waals surface area contributed by atoms with Crippen LogP contribution in [-0.2, 0) is 11.2 Å². The van der Waals surface area contributed by atoms with E-state index in [-0.39, 0.29) is 5.91 Å². The maximum Gasteiger partial charge on any atom is 0.239 e. The molecule has 0 radical (unpaired) electrons. The average molecular weight is 282 g/mol. The fourth-order valence-corrected chi connectivity index (χ4v) is 2.17. The number of rotatable bonds is 7. The van der Waals surface area contributed by atoms with Gasteiger partial charge in [0.25, 0.3) is 0 Å². The number of benzene rings is 2. The Morgan fingerprint density at radius 2 is 1.71 bits per heavy atom. The average Bonchev–Trinajstić information content (AvgIpc) is 2.52. The van der Waals surface area contributed by atoms with Crippen LogP contribution in [0.2, 0.25) is 0 Å². The summed E-state index contributed by atoms with van der Waals surface area (Å²) in [4.78, 5) is 11.8. The van der Waals surface area contributed by atoms with E-state index in [0.29, 0.717) is 13.1 Å².